The van der Waals surface area contributed by atoms with Crippen molar-refractivity contribution in [2.75, 3.05) is 5.32 Å². The number of carbonyl (C=O) groups is 1. The first-order valence-corrected chi connectivity index (χ1v) is 7.38. The van der Waals surface area contributed by atoms with E-state index in [1.165, 1.54) is 18.2 Å². The van der Waals surface area contributed by atoms with Crippen LogP contribution in [-0.4, -0.2) is 21.9 Å². The standard InChI is InChI=1S/C14H12FN3O2S2/c1-8(11-6-7-12(22-11)13(19)20)17-18-14(21)16-10-4-2-9(15)3-5-10/h2-7H,1H3,(H,19,20)(H2,16,18,21)/b17-8-. The molecule has 0 aliphatic heterocycles. The Morgan fingerprint density at radius 1 is 1.23 bits per heavy atom. The van der Waals surface area contributed by atoms with Crippen LogP contribution in [0.4, 0.5) is 10.1 Å². The van der Waals surface area contributed by atoms with Gasteiger partial charge >= 0.3 is 5.97 Å². The molecule has 1 aromatic carbocycles. The number of carboxylic acid groups (broad SMARTS) is 1. The van der Waals surface area contributed by atoms with Crippen LogP contribution in [-0.2, 0) is 0 Å². The van der Waals surface area contributed by atoms with Gasteiger partial charge < -0.3 is 10.4 Å². The Balaban J connectivity index is 1.96. The summed E-state index contributed by atoms with van der Waals surface area (Å²) in [6, 6.07) is 8.95. The second kappa shape index (κ2) is 7.10. The van der Waals surface area contributed by atoms with Crippen LogP contribution in [0, 0.1) is 5.82 Å². The summed E-state index contributed by atoms with van der Waals surface area (Å²) in [7, 11) is 0. The molecule has 0 spiro atoms. The largest absolute Gasteiger partial charge is 0.477 e. The second-order valence-corrected chi connectivity index (χ2v) is 5.73. The van der Waals surface area contributed by atoms with Crippen LogP contribution >= 0.6 is 23.6 Å². The van der Waals surface area contributed by atoms with E-state index < -0.39 is 5.97 Å². The monoisotopic (exact) mass is 337 g/mol. The molecule has 2 aromatic rings. The van der Waals surface area contributed by atoms with Crippen LogP contribution in [0.15, 0.2) is 41.5 Å². The number of hydrazone groups is 1. The van der Waals surface area contributed by atoms with Gasteiger partial charge in [0.25, 0.3) is 0 Å². The second-order valence-electron chi connectivity index (χ2n) is 4.24. The predicted molar refractivity (Wildman–Crippen MR) is 89.2 cm³/mol. The molecule has 0 atom stereocenters. The molecule has 0 amide bonds. The van der Waals surface area contributed by atoms with Crippen molar-refractivity contribution >= 4 is 46.0 Å². The molecule has 5 nitrogen and oxygen atoms in total. The third kappa shape index (κ3) is 4.34. The van der Waals surface area contributed by atoms with Crippen LogP contribution in [0.2, 0.25) is 0 Å². The number of thiophene rings is 1. The van der Waals surface area contributed by atoms with Gasteiger partial charge in [-0.1, -0.05) is 0 Å². The minimum absolute atomic E-state index is 0.247. The highest BCUT2D eigenvalue weighted by Gasteiger charge is 2.08. The van der Waals surface area contributed by atoms with Crippen molar-refractivity contribution < 1.29 is 14.3 Å². The Morgan fingerprint density at radius 3 is 2.45 bits per heavy atom. The molecule has 0 unspecified atom stereocenters. The number of nitrogens with one attached hydrogen (secondary N) is 2. The first-order valence-electron chi connectivity index (χ1n) is 6.16. The van der Waals surface area contributed by atoms with Gasteiger partial charge in [0.05, 0.1) is 10.6 Å². The number of carboxylic acids is 1. The lowest BCUT2D eigenvalue weighted by molar-refractivity contribution is 0.0702. The highest BCUT2D eigenvalue weighted by atomic mass is 32.1. The molecule has 0 aliphatic rings. The van der Waals surface area contributed by atoms with Crippen LogP contribution in [0.25, 0.3) is 0 Å². The van der Waals surface area contributed by atoms with E-state index >= 15 is 0 Å². The van der Waals surface area contributed by atoms with Crippen molar-refractivity contribution in [1.82, 2.24) is 5.43 Å². The van der Waals surface area contributed by atoms with Crippen LogP contribution in [0.5, 0.6) is 0 Å². The van der Waals surface area contributed by atoms with Crippen molar-refractivity contribution in [2.45, 2.75) is 6.92 Å². The number of halogens is 1. The van der Waals surface area contributed by atoms with Gasteiger partial charge in [-0.3, -0.25) is 5.43 Å². The molecule has 3 N–H and O–H groups in total. The number of benzene rings is 1. The average Bonchev–Trinajstić information content (AvgIpc) is 2.97. The quantitative estimate of drug-likeness (QED) is 0.453. The molecule has 8 heteroatoms. The van der Waals surface area contributed by atoms with Gasteiger partial charge in [0, 0.05) is 5.69 Å². The molecule has 0 fully saturated rings. The van der Waals surface area contributed by atoms with Crippen molar-refractivity contribution in [3.8, 4) is 0 Å². The normalized spacial score (nSPS) is 11.1. The maximum Gasteiger partial charge on any atom is 0.345 e. The lowest BCUT2D eigenvalue weighted by atomic mass is 10.3. The number of anilines is 1. The van der Waals surface area contributed by atoms with E-state index in [0.717, 1.165) is 16.2 Å². The Morgan fingerprint density at radius 2 is 1.86 bits per heavy atom. The Bertz CT molecular complexity index is 726. The van der Waals surface area contributed by atoms with Crippen LogP contribution in [0.3, 0.4) is 0 Å². The third-order valence-electron chi connectivity index (χ3n) is 2.60. The van der Waals surface area contributed by atoms with Crippen LogP contribution in [0.1, 0.15) is 21.5 Å². The minimum Gasteiger partial charge on any atom is -0.477 e. The Kier molecular flexibility index (Phi) is 5.18. The van der Waals surface area contributed by atoms with E-state index in [4.69, 9.17) is 17.3 Å². The molecule has 114 valence electrons. The average molecular weight is 337 g/mol. The van der Waals surface area contributed by atoms with Gasteiger partial charge in [0.1, 0.15) is 10.7 Å². The molecule has 22 heavy (non-hydrogen) atoms. The fourth-order valence-electron chi connectivity index (χ4n) is 1.53. The highest BCUT2D eigenvalue weighted by Crippen LogP contribution is 2.17. The summed E-state index contributed by atoms with van der Waals surface area (Å²) < 4.78 is 12.8. The third-order valence-corrected chi connectivity index (χ3v) is 3.98. The van der Waals surface area contributed by atoms with Gasteiger partial charge in [-0.05, 0) is 55.5 Å². The first kappa shape index (κ1) is 16.1. The molecular weight excluding hydrogens is 325 g/mol. The number of nitrogens with zero attached hydrogens (tertiary/aromatic N) is 1. The topological polar surface area (TPSA) is 73.7 Å². The number of aromatic carboxylic acids is 1. The first-order chi connectivity index (χ1) is 10.5. The molecule has 0 bridgehead atoms. The molecule has 0 saturated heterocycles. The number of hydrogen-bond donors (Lipinski definition) is 3. The zero-order valence-corrected chi connectivity index (χ0v) is 13.1. The van der Waals surface area contributed by atoms with E-state index in [1.807, 2.05) is 0 Å². The molecule has 0 aliphatic carbocycles. The van der Waals surface area contributed by atoms with Crippen molar-refractivity contribution in [1.29, 1.82) is 0 Å². The molecule has 2 rings (SSSR count). The fourth-order valence-corrected chi connectivity index (χ4v) is 2.48. The number of thiocarbonyl (C=S) groups is 1. The zero-order valence-electron chi connectivity index (χ0n) is 11.5. The minimum atomic E-state index is -0.967. The predicted octanol–water partition coefficient (Wildman–Crippen LogP) is 3.30. The molecular formula is C14H12FN3O2S2. The zero-order chi connectivity index (χ0) is 16.1. The summed E-state index contributed by atoms with van der Waals surface area (Å²) in [4.78, 5) is 11.8. The Hall–Kier alpha value is -2.32. The molecule has 1 aromatic heterocycles. The lowest BCUT2D eigenvalue weighted by Gasteiger charge is -2.07. The summed E-state index contributed by atoms with van der Waals surface area (Å²) in [5, 5.41) is 16.1. The van der Waals surface area contributed by atoms with Crippen LogP contribution < -0.4 is 10.7 Å². The fraction of sp³-hybridized carbons (Fsp3) is 0.0714. The van der Waals surface area contributed by atoms with Crippen molar-refractivity contribution in [2.24, 2.45) is 5.10 Å². The van der Waals surface area contributed by atoms with E-state index in [1.54, 1.807) is 25.1 Å². The summed E-state index contributed by atoms with van der Waals surface area (Å²) in [5.74, 6) is -1.30. The number of rotatable bonds is 4. The van der Waals surface area contributed by atoms with Gasteiger partial charge in [-0.25, -0.2) is 9.18 Å². The SMILES string of the molecule is C/C(=N/NC(=S)Nc1ccc(F)cc1)c1ccc(C(=O)O)s1. The highest BCUT2D eigenvalue weighted by molar-refractivity contribution is 7.80. The van der Waals surface area contributed by atoms with Gasteiger partial charge in [-0.2, -0.15) is 5.10 Å². The number of hydrogen-bond acceptors (Lipinski definition) is 4. The summed E-state index contributed by atoms with van der Waals surface area (Å²) in [5.41, 5.74) is 3.90. The van der Waals surface area contributed by atoms with E-state index in [0.29, 0.717) is 11.4 Å². The molecule has 0 radical (unpaired) electrons. The summed E-state index contributed by atoms with van der Waals surface area (Å²) in [6.07, 6.45) is 0. The van der Waals surface area contributed by atoms with Crippen molar-refractivity contribution in [3.05, 3.63) is 52.0 Å². The maximum absolute atomic E-state index is 12.8. The van der Waals surface area contributed by atoms with Gasteiger partial charge in [0.2, 0.25) is 0 Å². The van der Waals surface area contributed by atoms with E-state index in [-0.39, 0.29) is 15.8 Å². The van der Waals surface area contributed by atoms with Crippen molar-refractivity contribution in [3.63, 3.8) is 0 Å². The van der Waals surface area contributed by atoms with E-state index in [2.05, 4.69) is 15.8 Å². The smallest absolute Gasteiger partial charge is 0.345 e. The maximum atomic E-state index is 12.8. The van der Waals surface area contributed by atoms with Gasteiger partial charge in [-0.15, -0.1) is 11.3 Å². The van der Waals surface area contributed by atoms with E-state index in [9.17, 15) is 9.18 Å². The summed E-state index contributed by atoms with van der Waals surface area (Å²) >= 11 is 6.20. The molecule has 0 saturated carbocycles. The molecule has 1 heterocycles. The Labute approximate surface area is 135 Å². The summed E-state index contributed by atoms with van der Waals surface area (Å²) in [6.45, 7) is 1.74. The lowest BCUT2D eigenvalue weighted by Crippen LogP contribution is -2.24. The van der Waals surface area contributed by atoms with Gasteiger partial charge in [0.15, 0.2) is 5.11 Å².